The number of nitrogens with zero attached hydrogens (tertiary/aromatic N) is 2. The van der Waals surface area contributed by atoms with Crippen LogP contribution < -0.4 is 16.4 Å². The SMILES string of the molecule is CC(C)c1nc2c(C(=O)O)cc(NC(=O)C3CCNCC3)cc2n1Cc1ccc2ccc(C(=N)N)cc2c1. The Bertz CT molecular complexity index is 1570. The minimum Gasteiger partial charge on any atom is -0.478 e. The Morgan fingerprint density at radius 2 is 1.87 bits per heavy atom. The molecule has 0 spiro atoms. The van der Waals surface area contributed by atoms with E-state index >= 15 is 0 Å². The molecule has 0 radical (unpaired) electrons. The first-order valence-electron chi connectivity index (χ1n) is 12.9. The first-order valence-corrected chi connectivity index (χ1v) is 12.9. The maximum atomic E-state index is 12.9. The number of hydrogen-bond acceptors (Lipinski definition) is 5. The lowest BCUT2D eigenvalue weighted by Gasteiger charge is -2.22. The molecular weight excluding hydrogens is 480 g/mol. The van der Waals surface area contributed by atoms with Crippen LogP contribution in [-0.4, -0.2) is 45.5 Å². The van der Waals surface area contributed by atoms with Crippen LogP contribution in [0.1, 0.15) is 59.9 Å². The number of carbonyl (C=O) groups is 2. The average Bonchev–Trinajstić information content (AvgIpc) is 3.26. The van der Waals surface area contributed by atoms with Crippen LogP contribution >= 0.6 is 0 Å². The zero-order valence-corrected chi connectivity index (χ0v) is 21.5. The molecule has 2 heterocycles. The molecule has 0 bridgehead atoms. The Hall–Kier alpha value is -4.24. The van der Waals surface area contributed by atoms with E-state index in [2.05, 4.69) is 16.7 Å². The van der Waals surface area contributed by atoms with E-state index in [4.69, 9.17) is 16.1 Å². The van der Waals surface area contributed by atoms with Gasteiger partial charge in [-0.1, -0.05) is 38.1 Å². The molecule has 0 aliphatic carbocycles. The second-order valence-electron chi connectivity index (χ2n) is 10.2. The van der Waals surface area contributed by atoms with Gasteiger partial charge in [0.25, 0.3) is 0 Å². The third kappa shape index (κ3) is 4.97. The number of carboxylic acid groups (broad SMARTS) is 1. The number of anilines is 1. The van der Waals surface area contributed by atoms with Crippen LogP contribution in [0, 0.1) is 11.3 Å². The number of amidine groups is 1. The van der Waals surface area contributed by atoms with Gasteiger partial charge in [0.2, 0.25) is 5.91 Å². The lowest BCUT2D eigenvalue weighted by molar-refractivity contribution is -0.120. The topological polar surface area (TPSA) is 146 Å². The molecule has 9 heteroatoms. The van der Waals surface area contributed by atoms with Gasteiger partial charge in [0.15, 0.2) is 0 Å². The van der Waals surface area contributed by atoms with E-state index in [1.165, 1.54) is 6.07 Å². The highest BCUT2D eigenvalue weighted by Crippen LogP contribution is 2.30. The van der Waals surface area contributed by atoms with Crippen molar-refractivity contribution in [3.8, 4) is 0 Å². The van der Waals surface area contributed by atoms with Crippen molar-refractivity contribution in [2.24, 2.45) is 11.7 Å². The molecule has 1 amide bonds. The molecule has 1 aromatic heterocycles. The standard InChI is InChI=1S/C29H32N6O3/c1-16(2)27-34-25-23(29(37)38)13-22(33-28(36)19-7-9-32-10-8-19)14-24(25)35(27)15-17-3-4-18-5-6-20(26(30)31)12-21(18)11-17/h3-6,11-14,16,19,32H,7-10,15H2,1-2H3,(H3,30,31)(H,33,36)(H,37,38). The zero-order valence-electron chi connectivity index (χ0n) is 21.5. The number of piperidine rings is 1. The van der Waals surface area contributed by atoms with Crippen LogP contribution in [0.3, 0.4) is 0 Å². The predicted molar refractivity (Wildman–Crippen MR) is 149 cm³/mol. The number of amides is 1. The average molecular weight is 513 g/mol. The van der Waals surface area contributed by atoms with Crippen molar-refractivity contribution in [1.29, 1.82) is 5.41 Å². The van der Waals surface area contributed by atoms with Crippen molar-refractivity contribution in [2.75, 3.05) is 18.4 Å². The first-order chi connectivity index (χ1) is 18.2. The van der Waals surface area contributed by atoms with Gasteiger partial charge in [-0.15, -0.1) is 0 Å². The molecule has 38 heavy (non-hydrogen) atoms. The van der Waals surface area contributed by atoms with E-state index in [0.717, 1.165) is 48.1 Å². The number of nitrogens with one attached hydrogen (secondary N) is 3. The summed E-state index contributed by atoms with van der Waals surface area (Å²) in [6, 6.07) is 15.1. The smallest absolute Gasteiger partial charge is 0.338 e. The van der Waals surface area contributed by atoms with Crippen LogP contribution in [0.4, 0.5) is 5.69 Å². The summed E-state index contributed by atoms with van der Waals surface area (Å²) in [6.45, 7) is 6.10. The highest BCUT2D eigenvalue weighted by molar-refractivity contribution is 6.05. The molecule has 1 fully saturated rings. The summed E-state index contributed by atoms with van der Waals surface area (Å²) >= 11 is 0. The Morgan fingerprint density at radius 1 is 1.13 bits per heavy atom. The summed E-state index contributed by atoms with van der Waals surface area (Å²) in [4.78, 5) is 29.9. The number of aromatic nitrogens is 2. The molecule has 5 rings (SSSR count). The molecule has 196 valence electrons. The first kappa shape index (κ1) is 25.4. The quantitative estimate of drug-likeness (QED) is 0.184. The molecule has 1 aliphatic rings. The van der Waals surface area contributed by atoms with E-state index in [-0.39, 0.29) is 29.1 Å². The maximum absolute atomic E-state index is 12.9. The van der Waals surface area contributed by atoms with E-state index in [1.54, 1.807) is 0 Å². The predicted octanol–water partition coefficient (Wildman–Crippen LogP) is 4.28. The number of nitrogens with two attached hydrogens (primary N) is 1. The summed E-state index contributed by atoms with van der Waals surface area (Å²) in [5.41, 5.74) is 8.93. The molecule has 4 aromatic rings. The van der Waals surface area contributed by atoms with Gasteiger partial charge >= 0.3 is 5.97 Å². The largest absolute Gasteiger partial charge is 0.478 e. The lowest BCUT2D eigenvalue weighted by Crippen LogP contribution is -2.34. The van der Waals surface area contributed by atoms with Crippen molar-refractivity contribution < 1.29 is 14.7 Å². The van der Waals surface area contributed by atoms with Crippen LogP contribution in [0.15, 0.2) is 48.5 Å². The third-order valence-corrected chi connectivity index (χ3v) is 7.16. The fourth-order valence-electron chi connectivity index (χ4n) is 5.16. The van der Waals surface area contributed by atoms with Gasteiger partial charge in [-0.25, -0.2) is 9.78 Å². The Morgan fingerprint density at radius 3 is 2.55 bits per heavy atom. The van der Waals surface area contributed by atoms with E-state index in [0.29, 0.717) is 28.8 Å². The van der Waals surface area contributed by atoms with E-state index in [1.807, 2.05) is 54.8 Å². The number of aromatic carboxylic acids is 1. The number of hydrogen-bond donors (Lipinski definition) is 5. The number of rotatable bonds is 7. The van der Waals surface area contributed by atoms with Gasteiger partial charge in [-0.05, 0) is 66.5 Å². The Labute approximate surface area is 220 Å². The van der Waals surface area contributed by atoms with Crippen LogP contribution in [0.5, 0.6) is 0 Å². The summed E-state index contributed by atoms with van der Waals surface area (Å²) in [7, 11) is 0. The summed E-state index contributed by atoms with van der Waals surface area (Å²) < 4.78 is 2.03. The van der Waals surface area contributed by atoms with Crippen molar-refractivity contribution in [1.82, 2.24) is 14.9 Å². The van der Waals surface area contributed by atoms with Crippen LogP contribution in [0.2, 0.25) is 0 Å². The molecule has 0 unspecified atom stereocenters. The molecule has 1 aliphatic heterocycles. The monoisotopic (exact) mass is 512 g/mol. The number of imidazole rings is 1. The maximum Gasteiger partial charge on any atom is 0.338 e. The van der Waals surface area contributed by atoms with Gasteiger partial charge in [0.05, 0.1) is 11.1 Å². The Balaban J connectivity index is 1.58. The van der Waals surface area contributed by atoms with Gasteiger partial charge in [-0.2, -0.15) is 0 Å². The third-order valence-electron chi connectivity index (χ3n) is 7.16. The van der Waals surface area contributed by atoms with Gasteiger partial charge in [0.1, 0.15) is 17.2 Å². The van der Waals surface area contributed by atoms with Crippen molar-refractivity contribution in [3.05, 3.63) is 71.0 Å². The zero-order chi connectivity index (χ0) is 27.0. The number of nitrogen functional groups attached to an aromatic ring is 1. The van der Waals surface area contributed by atoms with Crippen molar-refractivity contribution >= 4 is 45.2 Å². The van der Waals surface area contributed by atoms with E-state index < -0.39 is 5.97 Å². The molecular formula is C29H32N6O3. The molecule has 0 atom stereocenters. The molecule has 6 N–H and O–H groups in total. The minimum atomic E-state index is -1.09. The minimum absolute atomic E-state index is 0.0141. The fraction of sp³-hybridized carbons (Fsp3) is 0.310. The van der Waals surface area contributed by atoms with E-state index in [9.17, 15) is 14.7 Å². The molecule has 3 aromatic carbocycles. The van der Waals surface area contributed by atoms with Crippen LogP contribution in [-0.2, 0) is 11.3 Å². The summed E-state index contributed by atoms with van der Waals surface area (Å²) in [5, 5.41) is 26.0. The van der Waals surface area contributed by atoms with Crippen molar-refractivity contribution in [3.63, 3.8) is 0 Å². The molecule has 1 saturated heterocycles. The van der Waals surface area contributed by atoms with Gasteiger partial charge in [-0.3, -0.25) is 10.2 Å². The van der Waals surface area contributed by atoms with Crippen LogP contribution in [0.25, 0.3) is 21.8 Å². The summed E-state index contributed by atoms with van der Waals surface area (Å²) in [6.07, 6.45) is 1.51. The number of carbonyl (C=O) groups excluding carboxylic acids is 1. The summed E-state index contributed by atoms with van der Waals surface area (Å²) in [5.74, 6) is -0.457. The number of fused-ring (bicyclic) bond motifs is 2. The highest BCUT2D eigenvalue weighted by atomic mass is 16.4. The van der Waals surface area contributed by atoms with Gasteiger partial charge in [0, 0.05) is 29.6 Å². The normalized spacial score (nSPS) is 14.3. The number of carboxylic acids is 1. The molecule has 9 nitrogen and oxygen atoms in total. The second-order valence-corrected chi connectivity index (χ2v) is 10.2. The number of benzene rings is 3. The fourth-order valence-corrected chi connectivity index (χ4v) is 5.16. The lowest BCUT2D eigenvalue weighted by atomic mass is 9.97. The molecule has 0 saturated carbocycles. The second kappa shape index (κ2) is 10.3. The Kier molecular flexibility index (Phi) is 6.86. The van der Waals surface area contributed by atoms with Crippen molar-refractivity contribution in [2.45, 2.75) is 39.2 Å². The highest BCUT2D eigenvalue weighted by Gasteiger charge is 2.24. The van der Waals surface area contributed by atoms with Gasteiger partial charge < -0.3 is 26.0 Å².